The summed E-state index contributed by atoms with van der Waals surface area (Å²) < 4.78 is 1.43. The van der Waals surface area contributed by atoms with Crippen molar-refractivity contribution in [3.8, 4) is 5.95 Å². The van der Waals surface area contributed by atoms with Crippen LogP contribution in [0.15, 0.2) is 64.3 Å². The fourth-order valence-electron chi connectivity index (χ4n) is 2.68. The molecule has 0 saturated carbocycles. The van der Waals surface area contributed by atoms with Gasteiger partial charge in [-0.3, -0.25) is 9.89 Å². The van der Waals surface area contributed by atoms with Crippen molar-refractivity contribution in [2.24, 2.45) is 5.84 Å². The molecule has 0 unspecified atom stereocenters. The number of hydrogen-bond donors (Lipinski definition) is 3. The molecule has 8 heteroatoms. The van der Waals surface area contributed by atoms with Gasteiger partial charge in [-0.15, -0.1) is 18.3 Å². The van der Waals surface area contributed by atoms with E-state index in [-0.39, 0.29) is 5.56 Å². The summed E-state index contributed by atoms with van der Waals surface area (Å²) >= 11 is 1.65. The number of aromatic amines is 2. The number of thioether (sulfide) groups is 1. The van der Waals surface area contributed by atoms with Crippen molar-refractivity contribution >= 4 is 22.8 Å². The number of nitrogens with zero attached hydrogens (tertiary/aromatic N) is 3. The van der Waals surface area contributed by atoms with Crippen molar-refractivity contribution < 1.29 is 0 Å². The van der Waals surface area contributed by atoms with Crippen LogP contribution < -0.4 is 11.4 Å². The summed E-state index contributed by atoms with van der Waals surface area (Å²) in [5.74, 6) is 6.34. The van der Waals surface area contributed by atoms with Crippen LogP contribution in [0.25, 0.3) is 22.4 Å². The molecule has 0 fully saturated rings. The molecule has 26 heavy (non-hydrogen) atoms. The number of nitrogens with two attached hydrogens (primary N) is 1. The summed E-state index contributed by atoms with van der Waals surface area (Å²) in [7, 11) is 0. The van der Waals surface area contributed by atoms with Crippen molar-refractivity contribution in [3.05, 3.63) is 81.6 Å². The van der Waals surface area contributed by atoms with Crippen molar-refractivity contribution in [1.29, 1.82) is 0 Å². The number of nitrogens with one attached hydrogen (secondary N) is 2. The van der Waals surface area contributed by atoms with Gasteiger partial charge in [0.15, 0.2) is 0 Å². The van der Waals surface area contributed by atoms with Crippen molar-refractivity contribution in [2.45, 2.75) is 17.2 Å². The van der Waals surface area contributed by atoms with Crippen molar-refractivity contribution in [3.63, 3.8) is 0 Å². The molecule has 4 N–H and O–H groups in total. The molecular formula is C18H17N6OS-. The van der Waals surface area contributed by atoms with E-state index in [9.17, 15) is 4.79 Å². The highest BCUT2D eigenvalue weighted by atomic mass is 32.2. The number of fused-ring (bicyclic) bond motifs is 1. The summed E-state index contributed by atoms with van der Waals surface area (Å²) in [5.41, 5.74) is 7.11. The number of para-hydroxylation sites is 2. The highest BCUT2D eigenvalue weighted by Crippen LogP contribution is 2.22. The van der Waals surface area contributed by atoms with Gasteiger partial charge < -0.3 is 16.3 Å². The Morgan fingerprint density at radius 1 is 1.15 bits per heavy atom. The van der Waals surface area contributed by atoms with Gasteiger partial charge in [0.1, 0.15) is 0 Å². The fraction of sp³-hybridized carbons (Fsp3) is 0.111. The number of rotatable bonds is 6. The van der Waals surface area contributed by atoms with Crippen molar-refractivity contribution in [1.82, 2.24) is 19.7 Å². The minimum atomic E-state index is -0.139. The number of hydrogen-bond acceptors (Lipinski definition) is 4. The van der Waals surface area contributed by atoms with Gasteiger partial charge >= 0.3 is 0 Å². The first-order chi connectivity index (χ1) is 12.7. The minimum Gasteiger partial charge on any atom is -0.596 e. The molecule has 0 radical (unpaired) electrons. The third kappa shape index (κ3) is 3.43. The first-order valence-electron chi connectivity index (χ1n) is 8.07. The average Bonchev–Trinajstić information content (AvgIpc) is 3.24. The van der Waals surface area contributed by atoms with E-state index in [1.165, 1.54) is 4.68 Å². The van der Waals surface area contributed by atoms with E-state index >= 15 is 0 Å². The summed E-state index contributed by atoms with van der Waals surface area (Å²) in [6, 6.07) is 17.3. The van der Waals surface area contributed by atoms with Crippen LogP contribution in [0, 0.1) is 0 Å². The normalized spacial score (nSPS) is 11.3. The number of benzene rings is 2. The Labute approximate surface area is 153 Å². The Kier molecular flexibility index (Phi) is 4.61. The van der Waals surface area contributed by atoms with Crippen LogP contribution in [0.1, 0.15) is 11.3 Å². The van der Waals surface area contributed by atoms with Gasteiger partial charge in [0.2, 0.25) is 5.95 Å². The Hall–Kier alpha value is -2.81. The molecule has 4 rings (SSSR count). The molecule has 0 aliphatic heterocycles. The molecule has 0 aliphatic rings. The van der Waals surface area contributed by atoms with Crippen LogP contribution >= 0.6 is 11.8 Å². The molecule has 0 atom stereocenters. The number of aromatic nitrogens is 4. The van der Waals surface area contributed by atoms with E-state index < -0.39 is 0 Å². The molecule has 132 valence electrons. The molecule has 0 bridgehead atoms. The topological polar surface area (TPSA) is 107 Å². The van der Waals surface area contributed by atoms with Gasteiger partial charge in [-0.1, -0.05) is 29.8 Å². The molecule has 2 aromatic heterocycles. The maximum absolute atomic E-state index is 12.3. The zero-order valence-corrected chi connectivity index (χ0v) is 14.7. The molecule has 0 spiro atoms. The third-order valence-corrected chi connectivity index (χ3v) is 5.01. The zero-order valence-electron chi connectivity index (χ0n) is 13.8. The summed E-state index contributed by atoms with van der Waals surface area (Å²) in [6.07, 6.45) is 0. The number of imidazole rings is 1. The van der Waals surface area contributed by atoms with E-state index in [1.54, 1.807) is 17.8 Å². The first kappa shape index (κ1) is 16.6. The molecule has 0 aliphatic carbocycles. The van der Waals surface area contributed by atoms with Crippen LogP contribution in [0.4, 0.5) is 0 Å². The second-order valence-corrected chi connectivity index (χ2v) is 6.85. The van der Waals surface area contributed by atoms with E-state index in [2.05, 4.69) is 20.5 Å². The van der Waals surface area contributed by atoms with Crippen LogP contribution in [-0.4, -0.2) is 19.7 Å². The highest BCUT2D eigenvalue weighted by molar-refractivity contribution is 7.98. The van der Waals surface area contributed by atoms with Gasteiger partial charge in [-0.2, -0.15) is 4.68 Å². The van der Waals surface area contributed by atoms with Gasteiger partial charge in [0.25, 0.3) is 5.56 Å². The predicted molar refractivity (Wildman–Crippen MR) is 103 cm³/mol. The summed E-state index contributed by atoms with van der Waals surface area (Å²) in [6.45, 7) is 0.513. The molecule has 4 aromatic rings. The maximum atomic E-state index is 12.3. The van der Waals surface area contributed by atoms with Crippen LogP contribution in [0.3, 0.4) is 0 Å². The molecule has 2 aromatic carbocycles. The SMILES string of the molecule is N[N-]Cc1ccc(SCc2cc(=O)n(-c3nc4ccccc4[nH]3)[nH]2)cc1. The van der Waals surface area contributed by atoms with E-state index in [1.807, 2.05) is 48.5 Å². The third-order valence-electron chi connectivity index (χ3n) is 3.95. The van der Waals surface area contributed by atoms with Crippen LogP contribution in [0.5, 0.6) is 0 Å². The monoisotopic (exact) mass is 365 g/mol. The van der Waals surface area contributed by atoms with Crippen LogP contribution in [-0.2, 0) is 12.3 Å². The average molecular weight is 365 g/mol. The smallest absolute Gasteiger partial charge is 0.274 e. The van der Waals surface area contributed by atoms with Gasteiger partial charge in [0.05, 0.1) is 11.0 Å². The quantitative estimate of drug-likeness (QED) is 0.277. The second kappa shape index (κ2) is 7.20. The Balaban J connectivity index is 1.50. The fourth-order valence-corrected chi connectivity index (χ4v) is 3.48. The molecule has 0 saturated heterocycles. The standard InChI is InChI=1S/C18H17N6OS/c19-20-10-12-5-7-14(8-6-12)26-11-13-9-17(25)24(23-13)18-21-15-3-1-2-4-16(15)22-18/h1-9,23H,10-11,19H2,(H,21,22)/q-1. The Morgan fingerprint density at radius 2 is 1.96 bits per heavy atom. The lowest BCUT2D eigenvalue weighted by atomic mass is 10.2. The Bertz CT molecular complexity index is 1050. The molecule has 7 nitrogen and oxygen atoms in total. The molecular weight excluding hydrogens is 348 g/mol. The largest absolute Gasteiger partial charge is 0.596 e. The summed E-state index contributed by atoms with van der Waals surface area (Å²) in [4.78, 5) is 21.0. The maximum Gasteiger partial charge on any atom is 0.274 e. The Morgan fingerprint density at radius 3 is 2.73 bits per heavy atom. The zero-order chi connectivity index (χ0) is 17.9. The van der Waals surface area contributed by atoms with E-state index in [0.29, 0.717) is 18.2 Å². The first-order valence-corrected chi connectivity index (χ1v) is 9.06. The van der Waals surface area contributed by atoms with Gasteiger partial charge in [-0.05, 0) is 24.3 Å². The molecule has 0 amide bonds. The highest BCUT2D eigenvalue weighted by Gasteiger charge is 2.09. The van der Waals surface area contributed by atoms with Crippen molar-refractivity contribution in [2.75, 3.05) is 0 Å². The van der Waals surface area contributed by atoms with E-state index in [4.69, 9.17) is 5.84 Å². The lowest BCUT2D eigenvalue weighted by molar-refractivity contribution is 0.789. The van der Waals surface area contributed by atoms with Gasteiger partial charge in [0, 0.05) is 22.4 Å². The second-order valence-electron chi connectivity index (χ2n) is 5.81. The summed E-state index contributed by atoms with van der Waals surface area (Å²) in [5, 5.41) is 3.12. The minimum absolute atomic E-state index is 0.139. The lowest BCUT2D eigenvalue weighted by Crippen LogP contribution is -2.14. The molecule has 2 heterocycles. The van der Waals surface area contributed by atoms with Crippen LogP contribution in [0.2, 0.25) is 0 Å². The van der Waals surface area contributed by atoms with E-state index in [0.717, 1.165) is 27.2 Å². The lowest BCUT2D eigenvalue weighted by Gasteiger charge is -2.11. The van der Waals surface area contributed by atoms with Gasteiger partial charge in [-0.25, -0.2) is 4.98 Å². The number of H-pyrrole nitrogens is 2. The predicted octanol–water partition coefficient (Wildman–Crippen LogP) is 3.08.